The maximum Gasteiger partial charge on any atom is 0.339 e. The largest absolute Gasteiger partial charge is 0.478 e. The van der Waals surface area contributed by atoms with E-state index >= 15 is 0 Å². The van der Waals surface area contributed by atoms with Crippen molar-refractivity contribution in [1.29, 1.82) is 0 Å². The number of nitrogens with zero attached hydrogens (tertiary/aromatic N) is 3. The van der Waals surface area contributed by atoms with Gasteiger partial charge in [-0.2, -0.15) is 5.10 Å². The fourth-order valence-corrected chi connectivity index (χ4v) is 1.49. The summed E-state index contributed by atoms with van der Waals surface area (Å²) < 4.78 is 7.18. The molecular weight excluding hydrogens is 248 g/mol. The second-order valence-corrected chi connectivity index (χ2v) is 4.26. The minimum atomic E-state index is -1.12. The van der Waals surface area contributed by atoms with Crippen LogP contribution in [0.2, 0.25) is 0 Å². The molecule has 2 aromatic heterocycles. The molecule has 0 aliphatic heterocycles. The zero-order valence-corrected chi connectivity index (χ0v) is 10.6. The Hall–Kier alpha value is -2.57. The highest BCUT2D eigenvalue weighted by Crippen LogP contribution is 2.26. The summed E-state index contributed by atoms with van der Waals surface area (Å²) in [4.78, 5) is 14.9. The molecule has 0 unspecified atom stereocenters. The van der Waals surface area contributed by atoms with E-state index in [1.807, 2.05) is 13.8 Å². The summed E-state index contributed by atoms with van der Waals surface area (Å²) in [5.74, 6) is -0.421. The van der Waals surface area contributed by atoms with Crippen LogP contribution in [-0.2, 0) is 0 Å². The molecule has 0 atom stereocenters. The first-order chi connectivity index (χ1) is 8.97. The van der Waals surface area contributed by atoms with E-state index in [9.17, 15) is 4.79 Å². The van der Waals surface area contributed by atoms with Crippen LogP contribution in [0, 0.1) is 0 Å². The number of rotatable bonds is 4. The van der Waals surface area contributed by atoms with Crippen molar-refractivity contribution in [2.24, 2.45) is 0 Å². The molecule has 0 saturated heterocycles. The van der Waals surface area contributed by atoms with Gasteiger partial charge >= 0.3 is 5.97 Å². The molecule has 0 saturated carbocycles. The number of nitrogens with two attached hydrogens (primary N) is 1. The first-order valence-corrected chi connectivity index (χ1v) is 5.68. The van der Waals surface area contributed by atoms with Gasteiger partial charge in [0.1, 0.15) is 11.4 Å². The van der Waals surface area contributed by atoms with Crippen molar-refractivity contribution in [2.75, 3.05) is 5.73 Å². The van der Waals surface area contributed by atoms with E-state index in [0.717, 1.165) is 0 Å². The maximum atomic E-state index is 11.1. The first kappa shape index (κ1) is 12.9. The Bertz CT molecular complexity index is 607. The average molecular weight is 262 g/mol. The van der Waals surface area contributed by atoms with Gasteiger partial charge in [-0.1, -0.05) is 0 Å². The van der Waals surface area contributed by atoms with Crippen LogP contribution in [0.15, 0.2) is 24.7 Å². The third-order valence-electron chi connectivity index (χ3n) is 2.45. The molecule has 0 fully saturated rings. The summed E-state index contributed by atoms with van der Waals surface area (Å²) in [7, 11) is 0. The van der Waals surface area contributed by atoms with Gasteiger partial charge in [-0.15, -0.1) is 0 Å². The smallest absolute Gasteiger partial charge is 0.339 e. The number of aromatic carboxylic acids is 1. The number of hydrogen-bond acceptors (Lipinski definition) is 5. The Morgan fingerprint density at radius 3 is 2.79 bits per heavy atom. The molecule has 0 aliphatic carbocycles. The number of carboxylic acids is 1. The van der Waals surface area contributed by atoms with Crippen LogP contribution < -0.4 is 10.5 Å². The highest BCUT2D eigenvalue weighted by Gasteiger charge is 2.14. The molecule has 0 spiro atoms. The number of nitrogen functional groups attached to an aromatic ring is 1. The molecule has 2 aromatic rings. The summed E-state index contributed by atoms with van der Waals surface area (Å²) in [5, 5.41) is 13.2. The van der Waals surface area contributed by atoms with Crippen molar-refractivity contribution in [2.45, 2.75) is 19.9 Å². The van der Waals surface area contributed by atoms with Crippen LogP contribution in [0.5, 0.6) is 11.5 Å². The van der Waals surface area contributed by atoms with E-state index in [0.29, 0.717) is 5.75 Å². The molecule has 19 heavy (non-hydrogen) atoms. The average Bonchev–Trinajstić information content (AvgIpc) is 2.80. The second-order valence-electron chi connectivity index (χ2n) is 4.26. The fraction of sp³-hybridized carbons (Fsp3) is 0.250. The van der Waals surface area contributed by atoms with Crippen LogP contribution >= 0.6 is 0 Å². The molecule has 0 aliphatic rings. The van der Waals surface area contributed by atoms with Gasteiger partial charge in [0.15, 0.2) is 11.5 Å². The van der Waals surface area contributed by atoms with E-state index in [1.54, 1.807) is 10.9 Å². The summed E-state index contributed by atoms with van der Waals surface area (Å²) >= 11 is 0. The van der Waals surface area contributed by atoms with Crippen molar-refractivity contribution in [1.82, 2.24) is 14.8 Å². The van der Waals surface area contributed by atoms with Crippen LogP contribution in [0.3, 0.4) is 0 Å². The summed E-state index contributed by atoms with van der Waals surface area (Å²) in [6.07, 6.45) is 4.49. The lowest BCUT2D eigenvalue weighted by Gasteiger charge is -2.07. The summed E-state index contributed by atoms with van der Waals surface area (Å²) in [6, 6.07) is 1.45. The Morgan fingerprint density at radius 2 is 2.21 bits per heavy atom. The van der Waals surface area contributed by atoms with Gasteiger partial charge in [-0.05, 0) is 19.9 Å². The zero-order valence-electron chi connectivity index (χ0n) is 10.6. The van der Waals surface area contributed by atoms with Gasteiger partial charge < -0.3 is 15.6 Å². The molecule has 2 rings (SSSR count). The maximum absolute atomic E-state index is 11.1. The predicted molar refractivity (Wildman–Crippen MR) is 68.3 cm³/mol. The Morgan fingerprint density at radius 1 is 1.47 bits per heavy atom. The number of anilines is 1. The number of carboxylic acid groups (broad SMARTS) is 1. The van der Waals surface area contributed by atoms with Crippen LogP contribution in [-0.4, -0.2) is 25.8 Å². The van der Waals surface area contributed by atoms with E-state index in [-0.39, 0.29) is 23.2 Å². The number of aromatic nitrogens is 3. The van der Waals surface area contributed by atoms with Gasteiger partial charge in [0, 0.05) is 6.04 Å². The zero-order chi connectivity index (χ0) is 14.0. The lowest BCUT2D eigenvalue weighted by Crippen LogP contribution is -2.03. The number of ether oxygens (including phenoxy) is 1. The van der Waals surface area contributed by atoms with Gasteiger partial charge in [0.05, 0.1) is 18.6 Å². The van der Waals surface area contributed by atoms with Gasteiger partial charge in [0.2, 0.25) is 0 Å². The Labute approximate surface area is 109 Å². The highest BCUT2D eigenvalue weighted by molar-refractivity contribution is 5.91. The number of carbonyl (C=O) groups is 1. The fourth-order valence-electron chi connectivity index (χ4n) is 1.49. The monoisotopic (exact) mass is 262 g/mol. The van der Waals surface area contributed by atoms with Crippen molar-refractivity contribution >= 4 is 11.8 Å². The topological polar surface area (TPSA) is 103 Å². The van der Waals surface area contributed by atoms with E-state index in [2.05, 4.69) is 10.1 Å². The lowest BCUT2D eigenvalue weighted by atomic mass is 10.2. The quantitative estimate of drug-likeness (QED) is 0.872. The van der Waals surface area contributed by atoms with E-state index in [4.69, 9.17) is 15.6 Å². The van der Waals surface area contributed by atoms with Gasteiger partial charge in [0.25, 0.3) is 0 Å². The number of pyridine rings is 1. The van der Waals surface area contributed by atoms with Crippen molar-refractivity contribution in [3.8, 4) is 11.5 Å². The third kappa shape index (κ3) is 2.82. The SMILES string of the molecule is CC(C)n1cc(Oc2cnc(N)cc2C(=O)O)cn1. The molecule has 7 heteroatoms. The van der Waals surface area contributed by atoms with Gasteiger partial charge in [-0.3, -0.25) is 4.68 Å². The third-order valence-corrected chi connectivity index (χ3v) is 2.45. The van der Waals surface area contributed by atoms with E-state index < -0.39 is 5.97 Å². The number of hydrogen-bond donors (Lipinski definition) is 2. The molecule has 0 bridgehead atoms. The standard InChI is InChI=1S/C12H14N4O3/c1-7(2)16-6-8(4-15-16)19-10-5-14-11(13)3-9(10)12(17)18/h3-7H,1-2H3,(H2,13,14)(H,17,18). The first-order valence-electron chi connectivity index (χ1n) is 5.68. The minimum absolute atomic E-state index is 0.0372. The summed E-state index contributed by atoms with van der Waals surface area (Å²) in [6.45, 7) is 3.95. The Kier molecular flexibility index (Phi) is 3.37. The van der Waals surface area contributed by atoms with Crippen LogP contribution in [0.1, 0.15) is 30.2 Å². The molecule has 0 radical (unpaired) electrons. The molecule has 0 amide bonds. The van der Waals surface area contributed by atoms with Crippen LogP contribution in [0.25, 0.3) is 0 Å². The molecule has 0 aromatic carbocycles. The predicted octanol–water partition coefficient (Wildman–Crippen LogP) is 1.93. The molecule has 7 nitrogen and oxygen atoms in total. The second kappa shape index (κ2) is 4.97. The van der Waals surface area contributed by atoms with Crippen molar-refractivity contribution in [3.63, 3.8) is 0 Å². The van der Waals surface area contributed by atoms with Crippen LogP contribution in [0.4, 0.5) is 5.82 Å². The molecule has 2 heterocycles. The minimum Gasteiger partial charge on any atom is -0.478 e. The van der Waals surface area contributed by atoms with Crippen molar-refractivity contribution in [3.05, 3.63) is 30.2 Å². The molecule has 3 N–H and O–H groups in total. The van der Waals surface area contributed by atoms with Gasteiger partial charge in [-0.25, -0.2) is 9.78 Å². The van der Waals surface area contributed by atoms with E-state index in [1.165, 1.54) is 18.5 Å². The highest BCUT2D eigenvalue weighted by atomic mass is 16.5. The normalized spacial score (nSPS) is 10.7. The lowest BCUT2D eigenvalue weighted by molar-refractivity contribution is 0.0694. The van der Waals surface area contributed by atoms with Crippen molar-refractivity contribution < 1.29 is 14.6 Å². The molecular formula is C12H14N4O3. The molecule has 100 valence electrons. The summed E-state index contributed by atoms with van der Waals surface area (Å²) in [5.41, 5.74) is 5.42. The Balaban J connectivity index is 2.29.